The topological polar surface area (TPSA) is 86.8 Å². The van der Waals surface area contributed by atoms with Gasteiger partial charge < -0.3 is 10.2 Å². The molecule has 0 aromatic heterocycles. The van der Waals surface area contributed by atoms with Gasteiger partial charge in [0.2, 0.25) is 11.8 Å². The second-order valence-corrected chi connectivity index (χ2v) is 12.3. The number of carbonyl (C=O) groups excluding carboxylic acids is 2. The monoisotopic (exact) mass is 553 g/mol. The van der Waals surface area contributed by atoms with Crippen LogP contribution in [0.15, 0.2) is 83.8 Å². The van der Waals surface area contributed by atoms with Gasteiger partial charge in [-0.15, -0.1) is 0 Å². The Hall–Kier alpha value is -3.72. The van der Waals surface area contributed by atoms with Crippen molar-refractivity contribution in [2.45, 2.75) is 64.1 Å². The van der Waals surface area contributed by atoms with Gasteiger partial charge in [-0.25, -0.2) is 12.8 Å². The largest absolute Gasteiger partial charge is 0.350 e. The van der Waals surface area contributed by atoms with Crippen LogP contribution in [0, 0.1) is 12.7 Å². The smallest absolute Gasteiger partial charge is 0.264 e. The first-order valence-corrected chi connectivity index (χ1v) is 14.3. The summed E-state index contributed by atoms with van der Waals surface area (Å²) in [6, 6.07) is 19.4. The molecule has 0 unspecified atom stereocenters. The highest BCUT2D eigenvalue weighted by Gasteiger charge is 2.34. The highest BCUT2D eigenvalue weighted by atomic mass is 32.2. The summed E-state index contributed by atoms with van der Waals surface area (Å²) in [4.78, 5) is 28.8. The molecule has 39 heavy (non-hydrogen) atoms. The van der Waals surface area contributed by atoms with Crippen LogP contribution < -0.4 is 9.62 Å². The number of nitrogens with zero attached hydrogens (tertiary/aromatic N) is 2. The van der Waals surface area contributed by atoms with Crippen LogP contribution in [0.1, 0.15) is 45.2 Å². The minimum absolute atomic E-state index is 0.00917. The van der Waals surface area contributed by atoms with Crippen LogP contribution in [-0.4, -0.2) is 43.3 Å². The number of hydrogen-bond donors (Lipinski definition) is 1. The van der Waals surface area contributed by atoms with Gasteiger partial charge in [0.1, 0.15) is 18.4 Å². The number of sulfonamides is 1. The molecule has 1 N–H and O–H groups in total. The Kier molecular flexibility index (Phi) is 9.50. The van der Waals surface area contributed by atoms with Crippen molar-refractivity contribution < 1.29 is 22.4 Å². The third-order valence-electron chi connectivity index (χ3n) is 6.21. The summed E-state index contributed by atoms with van der Waals surface area (Å²) in [5, 5.41) is 2.95. The van der Waals surface area contributed by atoms with E-state index in [9.17, 15) is 22.4 Å². The molecule has 0 bridgehead atoms. The fraction of sp³-hybridized carbons (Fsp3) is 0.333. The van der Waals surface area contributed by atoms with Gasteiger partial charge in [-0.1, -0.05) is 49.4 Å². The molecule has 0 aliphatic heterocycles. The molecule has 2 amide bonds. The Morgan fingerprint density at radius 1 is 0.923 bits per heavy atom. The number of nitrogens with one attached hydrogen (secondary N) is 1. The highest BCUT2D eigenvalue weighted by Crippen LogP contribution is 2.25. The van der Waals surface area contributed by atoms with Gasteiger partial charge in [-0.05, 0) is 81.6 Å². The lowest BCUT2D eigenvalue weighted by molar-refractivity contribution is -0.141. The first kappa shape index (κ1) is 29.8. The molecule has 1 atom stereocenters. The summed E-state index contributed by atoms with van der Waals surface area (Å²) in [6.45, 7) is 8.83. The molecular formula is C30H36FN3O4S. The first-order chi connectivity index (χ1) is 18.3. The Labute approximate surface area is 230 Å². The van der Waals surface area contributed by atoms with Crippen LogP contribution in [0.2, 0.25) is 0 Å². The Balaban J connectivity index is 2.07. The lowest BCUT2D eigenvalue weighted by Gasteiger charge is -2.35. The molecule has 0 radical (unpaired) electrons. The van der Waals surface area contributed by atoms with Crippen LogP contribution in [0.5, 0.6) is 0 Å². The molecule has 0 aliphatic carbocycles. The van der Waals surface area contributed by atoms with Crippen molar-refractivity contribution in [3.8, 4) is 0 Å². The number of anilines is 1. The molecule has 0 fully saturated rings. The fourth-order valence-electron chi connectivity index (χ4n) is 4.20. The Bertz CT molecular complexity index is 1390. The van der Waals surface area contributed by atoms with Crippen molar-refractivity contribution in [3.63, 3.8) is 0 Å². The SMILES string of the molecule is CC[C@H](C(=O)NC(C)(C)C)N(Cc1ccccc1C)C(=O)CN(c1ccc(F)cc1)S(=O)(=O)c1ccccc1. The third-order valence-corrected chi connectivity index (χ3v) is 8.00. The number of carbonyl (C=O) groups is 2. The lowest BCUT2D eigenvalue weighted by Crippen LogP contribution is -2.55. The van der Waals surface area contributed by atoms with E-state index in [2.05, 4.69) is 5.32 Å². The molecule has 0 aliphatic rings. The van der Waals surface area contributed by atoms with Gasteiger partial charge in [-0.3, -0.25) is 13.9 Å². The predicted molar refractivity (Wildman–Crippen MR) is 151 cm³/mol. The third kappa shape index (κ3) is 7.66. The van der Waals surface area contributed by atoms with Crippen LogP contribution >= 0.6 is 0 Å². The maximum atomic E-state index is 14.0. The minimum Gasteiger partial charge on any atom is -0.350 e. The molecular weight excluding hydrogens is 517 g/mol. The molecule has 0 saturated carbocycles. The Morgan fingerprint density at radius 2 is 1.51 bits per heavy atom. The summed E-state index contributed by atoms with van der Waals surface area (Å²) in [5.41, 5.74) is 1.39. The maximum absolute atomic E-state index is 14.0. The summed E-state index contributed by atoms with van der Waals surface area (Å²) in [5.74, 6) is -1.42. The van der Waals surface area contributed by atoms with Crippen molar-refractivity contribution in [2.24, 2.45) is 0 Å². The molecule has 3 aromatic carbocycles. The number of hydrogen-bond acceptors (Lipinski definition) is 4. The van der Waals surface area contributed by atoms with Crippen LogP contribution in [0.4, 0.5) is 10.1 Å². The van der Waals surface area contributed by atoms with Gasteiger partial charge in [0.15, 0.2) is 0 Å². The second kappa shape index (κ2) is 12.4. The number of benzene rings is 3. The maximum Gasteiger partial charge on any atom is 0.264 e. The standard InChI is InChI=1S/C30H36FN3O4S/c1-6-27(29(36)32-30(3,4)5)33(20-23-13-11-10-12-22(23)2)28(35)21-34(25-18-16-24(31)17-19-25)39(37,38)26-14-8-7-9-15-26/h7-19,27H,6,20-21H2,1-5H3,(H,32,36)/t27-/m1/s1. The van der Waals surface area contributed by atoms with Gasteiger partial charge in [0.05, 0.1) is 10.6 Å². The van der Waals surface area contributed by atoms with E-state index in [4.69, 9.17) is 0 Å². The summed E-state index contributed by atoms with van der Waals surface area (Å²) in [6.07, 6.45) is 0.321. The number of halogens is 1. The van der Waals surface area contributed by atoms with Gasteiger partial charge >= 0.3 is 0 Å². The van der Waals surface area contributed by atoms with E-state index in [1.807, 2.05) is 58.9 Å². The molecule has 0 saturated heterocycles. The summed E-state index contributed by atoms with van der Waals surface area (Å²) < 4.78 is 42.2. The van der Waals surface area contributed by atoms with Crippen molar-refractivity contribution in [2.75, 3.05) is 10.8 Å². The molecule has 0 spiro atoms. The van der Waals surface area contributed by atoms with Crippen molar-refractivity contribution in [3.05, 3.63) is 95.8 Å². The number of rotatable bonds is 10. The average molecular weight is 554 g/mol. The van der Waals surface area contributed by atoms with Gasteiger partial charge in [0.25, 0.3) is 10.0 Å². The van der Waals surface area contributed by atoms with E-state index in [1.54, 1.807) is 18.2 Å². The fourth-order valence-corrected chi connectivity index (χ4v) is 5.63. The van der Waals surface area contributed by atoms with Gasteiger partial charge in [0, 0.05) is 12.1 Å². The molecule has 3 rings (SSSR count). The van der Waals surface area contributed by atoms with Crippen LogP contribution in [-0.2, 0) is 26.2 Å². The highest BCUT2D eigenvalue weighted by molar-refractivity contribution is 7.92. The molecule has 0 heterocycles. The molecule has 3 aromatic rings. The second-order valence-electron chi connectivity index (χ2n) is 10.4. The quantitative estimate of drug-likeness (QED) is 0.381. The summed E-state index contributed by atoms with van der Waals surface area (Å²) in [7, 11) is -4.20. The Morgan fingerprint density at radius 3 is 2.08 bits per heavy atom. The zero-order chi connectivity index (χ0) is 28.8. The van der Waals surface area contributed by atoms with Crippen molar-refractivity contribution in [1.29, 1.82) is 0 Å². The van der Waals surface area contributed by atoms with E-state index in [1.165, 1.54) is 29.2 Å². The van der Waals surface area contributed by atoms with E-state index < -0.39 is 39.9 Å². The average Bonchev–Trinajstić information content (AvgIpc) is 2.88. The zero-order valence-electron chi connectivity index (χ0n) is 23.0. The first-order valence-electron chi connectivity index (χ1n) is 12.8. The van der Waals surface area contributed by atoms with Crippen molar-refractivity contribution in [1.82, 2.24) is 10.2 Å². The minimum atomic E-state index is -4.20. The van der Waals surface area contributed by atoms with E-state index in [0.717, 1.165) is 27.6 Å². The van der Waals surface area contributed by atoms with E-state index >= 15 is 0 Å². The van der Waals surface area contributed by atoms with Gasteiger partial charge in [-0.2, -0.15) is 0 Å². The number of aryl methyl sites for hydroxylation is 1. The van der Waals surface area contributed by atoms with Crippen LogP contribution in [0.3, 0.4) is 0 Å². The normalized spacial score (nSPS) is 12.5. The molecule has 7 nitrogen and oxygen atoms in total. The van der Waals surface area contributed by atoms with E-state index in [-0.39, 0.29) is 23.0 Å². The molecule has 208 valence electrons. The summed E-state index contributed by atoms with van der Waals surface area (Å²) >= 11 is 0. The number of amides is 2. The molecule has 9 heteroatoms. The lowest BCUT2D eigenvalue weighted by atomic mass is 10.0. The zero-order valence-corrected chi connectivity index (χ0v) is 23.8. The predicted octanol–water partition coefficient (Wildman–Crippen LogP) is 5.05. The van der Waals surface area contributed by atoms with Crippen LogP contribution in [0.25, 0.3) is 0 Å². The van der Waals surface area contributed by atoms with Crippen molar-refractivity contribution >= 4 is 27.5 Å². The van der Waals surface area contributed by atoms with E-state index in [0.29, 0.717) is 6.42 Å².